The quantitative estimate of drug-likeness (QED) is 0.230. The molecule has 0 aliphatic carbocycles. The molecular weight excluding hydrogens is 494 g/mol. The molecule has 168 valence electrons. The van der Waals surface area contributed by atoms with Gasteiger partial charge in [-0.15, -0.1) is 0 Å². The van der Waals surface area contributed by atoms with Gasteiger partial charge in [-0.2, -0.15) is 0 Å². The third-order valence-electron chi connectivity index (χ3n) is 4.98. The Hall–Kier alpha value is -3.85. The van der Waals surface area contributed by atoms with E-state index in [0.29, 0.717) is 38.1 Å². The molecule has 0 unspecified atom stereocenters. The fraction of sp³-hybridized carbons (Fsp3) is 0.125. The van der Waals surface area contributed by atoms with Gasteiger partial charge in [0.1, 0.15) is 12.2 Å². The van der Waals surface area contributed by atoms with Gasteiger partial charge in [0.15, 0.2) is 17.3 Å². The van der Waals surface area contributed by atoms with Crippen LogP contribution < -0.4 is 19.6 Å². The van der Waals surface area contributed by atoms with E-state index in [4.69, 9.17) is 18.6 Å². The molecule has 0 aliphatic rings. The summed E-state index contributed by atoms with van der Waals surface area (Å²) in [5.74, 6) is 1.19. The predicted octanol–water partition coefficient (Wildman–Crippen LogP) is 5.73. The molecule has 0 N–H and O–H groups in total. The largest absolute Gasteiger partial charge is 0.493 e. The zero-order valence-electron chi connectivity index (χ0n) is 17.7. The fourth-order valence-corrected chi connectivity index (χ4v) is 3.97. The highest BCUT2D eigenvalue weighted by molar-refractivity contribution is 9.10. The van der Waals surface area contributed by atoms with Gasteiger partial charge in [-0.1, -0.05) is 12.1 Å². The number of non-ortho nitro benzene ring substituents is 1. The zero-order chi connectivity index (χ0) is 23.5. The number of hydrogen-bond donors (Lipinski definition) is 0. The molecule has 9 heteroatoms. The first kappa shape index (κ1) is 22.3. The van der Waals surface area contributed by atoms with Gasteiger partial charge in [0.05, 0.1) is 29.0 Å². The van der Waals surface area contributed by atoms with E-state index >= 15 is 0 Å². The monoisotopic (exact) mass is 511 g/mol. The maximum atomic E-state index is 13.3. The van der Waals surface area contributed by atoms with E-state index in [2.05, 4.69) is 15.9 Å². The van der Waals surface area contributed by atoms with Crippen LogP contribution >= 0.6 is 15.9 Å². The normalized spacial score (nSPS) is 10.8. The van der Waals surface area contributed by atoms with Gasteiger partial charge in [0.25, 0.3) is 5.69 Å². The number of nitro groups is 1. The van der Waals surface area contributed by atoms with Crippen LogP contribution in [0.2, 0.25) is 0 Å². The Kier molecular flexibility index (Phi) is 6.32. The second kappa shape index (κ2) is 9.33. The van der Waals surface area contributed by atoms with E-state index in [1.807, 2.05) is 0 Å². The minimum atomic E-state index is -0.477. The minimum absolute atomic E-state index is 0.0164. The SMILES string of the molecule is COc1cc(-c2oc3ccccc3c(=O)c2OCc2ccc([N+](=O)[O-])cc2)cc(Br)c1OC. The first-order valence-corrected chi connectivity index (χ1v) is 10.6. The molecule has 0 aliphatic heterocycles. The Morgan fingerprint density at radius 1 is 1.00 bits per heavy atom. The highest BCUT2D eigenvalue weighted by atomic mass is 79.9. The molecule has 0 fully saturated rings. The maximum absolute atomic E-state index is 13.3. The number of nitrogens with zero attached hydrogens (tertiary/aromatic N) is 1. The lowest BCUT2D eigenvalue weighted by atomic mass is 10.1. The Morgan fingerprint density at radius 2 is 1.73 bits per heavy atom. The highest BCUT2D eigenvalue weighted by Crippen LogP contribution is 2.41. The highest BCUT2D eigenvalue weighted by Gasteiger charge is 2.21. The third kappa shape index (κ3) is 4.40. The average Bonchev–Trinajstić information content (AvgIpc) is 2.83. The van der Waals surface area contributed by atoms with Crippen LogP contribution in [0, 0.1) is 10.1 Å². The van der Waals surface area contributed by atoms with Crippen LogP contribution in [0.3, 0.4) is 0 Å². The van der Waals surface area contributed by atoms with E-state index in [1.165, 1.54) is 26.4 Å². The third-order valence-corrected chi connectivity index (χ3v) is 5.57. The lowest BCUT2D eigenvalue weighted by Gasteiger charge is -2.15. The summed E-state index contributed by atoms with van der Waals surface area (Å²) in [6.07, 6.45) is 0. The van der Waals surface area contributed by atoms with Crippen molar-refractivity contribution in [3.05, 3.63) is 91.0 Å². The molecule has 0 atom stereocenters. The van der Waals surface area contributed by atoms with Gasteiger partial charge in [-0.05, 0) is 57.9 Å². The maximum Gasteiger partial charge on any atom is 0.269 e. The summed E-state index contributed by atoms with van der Waals surface area (Å²) in [4.78, 5) is 23.7. The molecule has 0 saturated carbocycles. The first-order chi connectivity index (χ1) is 15.9. The van der Waals surface area contributed by atoms with Gasteiger partial charge in [0, 0.05) is 17.7 Å². The number of para-hydroxylation sites is 1. The second-order valence-electron chi connectivity index (χ2n) is 6.99. The molecular formula is C24H18BrNO7. The number of halogens is 1. The summed E-state index contributed by atoms with van der Waals surface area (Å²) >= 11 is 3.46. The number of hydrogen-bond acceptors (Lipinski definition) is 7. The molecule has 1 aromatic heterocycles. The van der Waals surface area contributed by atoms with Crippen LogP contribution in [0.1, 0.15) is 5.56 Å². The number of rotatable bonds is 7. The number of benzene rings is 3. The van der Waals surface area contributed by atoms with Crippen LogP contribution in [-0.2, 0) is 6.61 Å². The van der Waals surface area contributed by atoms with Crippen LogP contribution in [0.15, 0.2) is 74.3 Å². The van der Waals surface area contributed by atoms with E-state index in [1.54, 1.807) is 48.5 Å². The van der Waals surface area contributed by atoms with Crippen LogP contribution in [0.25, 0.3) is 22.3 Å². The molecule has 4 rings (SSSR count). The first-order valence-electron chi connectivity index (χ1n) is 9.76. The molecule has 4 aromatic rings. The van der Waals surface area contributed by atoms with Gasteiger partial charge in [0.2, 0.25) is 11.2 Å². The van der Waals surface area contributed by atoms with Crippen molar-refractivity contribution in [1.82, 2.24) is 0 Å². The number of methoxy groups -OCH3 is 2. The van der Waals surface area contributed by atoms with E-state index in [9.17, 15) is 14.9 Å². The number of fused-ring (bicyclic) bond motifs is 1. The minimum Gasteiger partial charge on any atom is -0.493 e. The molecule has 0 bridgehead atoms. The van der Waals surface area contributed by atoms with Crippen LogP contribution in [0.4, 0.5) is 5.69 Å². The van der Waals surface area contributed by atoms with Crippen molar-refractivity contribution in [3.63, 3.8) is 0 Å². The Bertz CT molecular complexity index is 1400. The molecule has 0 radical (unpaired) electrons. The van der Waals surface area contributed by atoms with Crippen molar-refractivity contribution < 1.29 is 23.6 Å². The van der Waals surface area contributed by atoms with Crippen molar-refractivity contribution in [2.24, 2.45) is 0 Å². The average molecular weight is 512 g/mol. The van der Waals surface area contributed by atoms with Gasteiger partial charge < -0.3 is 18.6 Å². The number of ether oxygens (including phenoxy) is 3. The topological polar surface area (TPSA) is 101 Å². The zero-order valence-corrected chi connectivity index (χ0v) is 19.2. The second-order valence-corrected chi connectivity index (χ2v) is 7.85. The summed E-state index contributed by atoms with van der Waals surface area (Å²) in [7, 11) is 3.04. The van der Waals surface area contributed by atoms with Crippen LogP contribution in [-0.4, -0.2) is 19.1 Å². The fourth-order valence-electron chi connectivity index (χ4n) is 3.36. The summed E-state index contributed by atoms with van der Waals surface area (Å²) in [5, 5.41) is 11.3. The van der Waals surface area contributed by atoms with E-state index in [0.717, 1.165) is 0 Å². The molecule has 0 amide bonds. The van der Waals surface area contributed by atoms with Crippen LogP contribution in [0.5, 0.6) is 17.2 Å². The molecule has 3 aromatic carbocycles. The van der Waals surface area contributed by atoms with E-state index in [-0.39, 0.29) is 29.2 Å². The van der Waals surface area contributed by atoms with E-state index < -0.39 is 4.92 Å². The molecule has 33 heavy (non-hydrogen) atoms. The molecule has 0 saturated heterocycles. The van der Waals surface area contributed by atoms with Crippen molar-refractivity contribution in [1.29, 1.82) is 0 Å². The summed E-state index contributed by atoms with van der Waals surface area (Å²) in [5.41, 5.74) is 1.25. The molecule has 0 spiro atoms. The van der Waals surface area contributed by atoms with Crippen molar-refractivity contribution in [2.75, 3.05) is 14.2 Å². The van der Waals surface area contributed by atoms with Gasteiger partial charge in [-0.3, -0.25) is 14.9 Å². The Morgan fingerprint density at radius 3 is 2.39 bits per heavy atom. The molecule has 1 heterocycles. The smallest absolute Gasteiger partial charge is 0.269 e. The molecule has 8 nitrogen and oxygen atoms in total. The number of nitro benzene ring substituents is 1. The van der Waals surface area contributed by atoms with Crippen molar-refractivity contribution in [3.8, 4) is 28.6 Å². The summed E-state index contributed by atoms with van der Waals surface area (Å²) in [6.45, 7) is 0.0164. The summed E-state index contributed by atoms with van der Waals surface area (Å²) < 4.78 is 23.4. The van der Waals surface area contributed by atoms with Crippen molar-refractivity contribution in [2.45, 2.75) is 6.61 Å². The standard InChI is InChI=1S/C24H18BrNO7/c1-30-20-12-15(11-18(25)23(20)31-2)22-24(21(27)17-5-3-4-6-19(17)33-22)32-13-14-7-9-16(10-8-14)26(28)29/h3-12H,13H2,1-2H3. The Labute approximate surface area is 196 Å². The van der Waals surface area contributed by atoms with Gasteiger partial charge >= 0.3 is 0 Å². The lowest BCUT2D eigenvalue weighted by Crippen LogP contribution is -2.10. The Balaban J connectivity index is 1.82. The van der Waals surface area contributed by atoms with Crippen molar-refractivity contribution >= 4 is 32.6 Å². The summed E-state index contributed by atoms with van der Waals surface area (Å²) in [6, 6.07) is 16.2. The predicted molar refractivity (Wildman–Crippen MR) is 126 cm³/mol. The van der Waals surface area contributed by atoms with Gasteiger partial charge in [-0.25, -0.2) is 0 Å². The lowest BCUT2D eigenvalue weighted by molar-refractivity contribution is -0.384.